The smallest absolute Gasteiger partial charge is 0.408 e. The largest absolute Gasteiger partial charge is 0.494 e. The zero-order valence-electron chi connectivity index (χ0n) is 14.8. The fraction of sp³-hybridized carbons (Fsp3) is 0.333. The van der Waals surface area contributed by atoms with Crippen molar-refractivity contribution in [1.29, 1.82) is 0 Å². The number of benzene rings is 1. The third kappa shape index (κ3) is 5.73. The standard InChI is InChI=1S/C18H22N2O6/c1-18(2,3)26-17(24)19-12(9-11-7-5-4-6-8-11)16(23)25-13-10-14(21)20-15(13)22/h4-8,10,12,20-22H,9H2,1-3H3,(H,19,24)/t12-/m1/s1. The van der Waals surface area contributed by atoms with Gasteiger partial charge in [-0.2, -0.15) is 0 Å². The molecule has 8 nitrogen and oxygen atoms in total. The number of rotatable bonds is 5. The highest BCUT2D eigenvalue weighted by Crippen LogP contribution is 2.29. The molecule has 2 aromatic rings. The van der Waals surface area contributed by atoms with Crippen molar-refractivity contribution in [2.24, 2.45) is 0 Å². The van der Waals surface area contributed by atoms with Crippen molar-refractivity contribution in [2.45, 2.75) is 38.8 Å². The van der Waals surface area contributed by atoms with Crippen molar-refractivity contribution >= 4 is 12.1 Å². The van der Waals surface area contributed by atoms with Gasteiger partial charge in [0, 0.05) is 12.5 Å². The molecule has 0 aliphatic carbocycles. The summed E-state index contributed by atoms with van der Waals surface area (Å²) < 4.78 is 10.3. The summed E-state index contributed by atoms with van der Waals surface area (Å²) in [6.45, 7) is 5.12. The van der Waals surface area contributed by atoms with Crippen LogP contribution in [-0.4, -0.2) is 38.9 Å². The monoisotopic (exact) mass is 362 g/mol. The summed E-state index contributed by atoms with van der Waals surface area (Å²) >= 11 is 0. The van der Waals surface area contributed by atoms with Gasteiger partial charge in [0.2, 0.25) is 5.88 Å². The molecule has 0 saturated heterocycles. The molecule has 26 heavy (non-hydrogen) atoms. The highest BCUT2D eigenvalue weighted by atomic mass is 16.6. The normalized spacial score (nSPS) is 12.3. The van der Waals surface area contributed by atoms with Gasteiger partial charge in [0.25, 0.3) is 0 Å². The number of carbonyl (C=O) groups is 2. The Balaban J connectivity index is 2.14. The van der Waals surface area contributed by atoms with E-state index in [-0.39, 0.29) is 18.1 Å². The molecule has 1 aromatic heterocycles. The van der Waals surface area contributed by atoms with Crippen LogP contribution < -0.4 is 10.1 Å². The van der Waals surface area contributed by atoms with Gasteiger partial charge in [0.05, 0.1) is 0 Å². The Morgan fingerprint density at radius 3 is 2.38 bits per heavy atom. The Morgan fingerprint density at radius 2 is 1.85 bits per heavy atom. The maximum Gasteiger partial charge on any atom is 0.408 e. The number of ether oxygens (including phenoxy) is 2. The molecule has 1 heterocycles. The lowest BCUT2D eigenvalue weighted by atomic mass is 10.1. The lowest BCUT2D eigenvalue weighted by molar-refractivity contribution is -0.136. The molecule has 0 bridgehead atoms. The topological polar surface area (TPSA) is 121 Å². The van der Waals surface area contributed by atoms with Gasteiger partial charge in [-0.1, -0.05) is 30.3 Å². The van der Waals surface area contributed by atoms with Crippen LogP contribution in [-0.2, 0) is 16.0 Å². The van der Waals surface area contributed by atoms with Crippen molar-refractivity contribution in [2.75, 3.05) is 0 Å². The number of amides is 1. The summed E-state index contributed by atoms with van der Waals surface area (Å²) in [7, 11) is 0. The molecule has 8 heteroatoms. The number of aromatic hydroxyl groups is 2. The second kappa shape index (κ2) is 7.81. The molecule has 140 valence electrons. The minimum Gasteiger partial charge on any atom is -0.494 e. The van der Waals surface area contributed by atoms with Crippen molar-refractivity contribution < 1.29 is 29.3 Å². The predicted molar refractivity (Wildman–Crippen MR) is 93.1 cm³/mol. The van der Waals surface area contributed by atoms with Gasteiger partial charge in [0.1, 0.15) is 11.6 Å². The molecular weight excluding hydrogens is 340 g/mol. The van der Waals surface area contributed by atoms with E-state index in [9.17, 15) is 19.8 Å². The fourth-order valence-electron chi connectivity index (χ4n) is 2.16. The number of alkyl carbamates (subject to hydrolysis) is 1. The Labute approximate surface area is 150 Å². The predicted octanol–water partition coefficient (Wildman–Crippen LogP) is 2.47. The van der Waals surface area contributed by atoms with E-state index in [0.29, 0.717) is 0 Å². The zero-order valence-corrected chi connectivity index (χ0v) is 14.8. The SMILES string of the molecule is CC(C)(C)OC(=O)N[C@H](Cc1ccccc1)C(=O)Oc1cc(O)[nH]c1O. The third-order valence-corrected chi connectivity index (χ3v) is 3.22. The third-order valence-electron chi connectivity index (χ3n) is 3.22. The molecule has 0 radical (unpaired) electrons. The van der Waals surface area contributed by atoms with Crippen LogP contribution in [0.1, 0.15) is 26.3 Å². The minimum atomic E-state index is -1.05. The maximum atomic E-state index is 12.5. The van der Waals surface area contributed by atoms with Crippen molar-refractivity contribution in [3.63, 3.8) is 0 Å². The molecule has 0 spiro atoms. The van der Waals surface area contributed by atoms with Crippen LogP contribution in [0.15, 0.2) is 36.4 Å². The highest BCUT2D eigenvalue weighted by molar-refractivity contribution is 5.83. The molecule has 1 atom stereocenters. The number of H-pyrrole nitrogens is 1. The number of nitrogens with one attached hydrogen (secondary N) is 2. The number of esters is 1. The van der Waals surface area contributed by atoms with Gasteiger partial charge in [-0.05, 0) is 26.3 Å². The quantitative estimate of drug-likeness (QED) is 0.606. The highest BCUT2D eigenvalue weighted by Gasteiger charge is 2.27. The summed E-state index contributed by atoms with van der Waals surface area (Å²) in [4.78, 5) is 26.7. The Kier molecular flexibility index (Phi) is 5.76. The number of carbonyl (C=O) groups excluding carboxylic acids is 2. The van der Waals surface area contributed by atoms with Gasteiger partial charge in [0.15, 0.2) is 11.6 Å². The van der Waals surface area contributed by atoms with Crippen LogP contribution in [0.5, 0.6) is 17.5 Å². The summed E-state index contributed by atoms with van der Waals surface area (Å²) in [5.41, 5.74) is 0.0716. The molecule has 2 rings (SSSR count). The summed E-state index contributed by atoms with van der Waals surface area (Å²) in [6, 6.07) is 9.05. The lowest BCUT2D eigenvalue weighted by Gasteiger charge is -2.23. The lowest BCUT2D eigenvalue weighted by Crippen LogP contribution is -2.46. The molecule has 0 aliphatic heterocycles. The first-order valence-electron chi connectivity index (χ1n) is 8.00. The summed E-state index contributed by atoms with van der Waals surface area (Å²) in [5, 5.41) is 21.4. The molecule has 4 N–H and O–H groups in total. The van der Waals surface area contributed by atoms with Crippen LogP contribution in [0, 0.1) is 0 Å². The van der Waals surface area contributed by atoms with Crippen molar-refractivity contribution in [3.05, 3.63) is 42.0 Å². The van der Waals surface area contributed by atoms with E-state index >= 15 is 0 Å². The maximum absolute atomic E-state index is 12.5. The Bertz CT molecular complexity index is 764. The van der Waals surface area contributed by atoms with E-state index in [0.717, 1.165) is 11.6 Å². The van der Waals surface area contributed by atoms with E-state index < -0.39 is 29.6 Å². The molecule has 0 fully saturated rings. The average Bonchev–Trinajstić information content (AvgIpc) is 2.83. The van der Waals surface area contributed by atoms with Crippen LogP contribution in [0.25, 0.3) is 0 Å². The molecule has 0 unspecified atom stereocenters. The van der Waals surface area contributed by atoms with Crippen LogP contribution in [0.2, 0.25) is 0 Å². The Hall–Kier alpha value is -3.16. The fourth-order valence-corrected chi connectivity index (χ4v) is 2.16. The van der Waals surface area contributed by atoms with E-state index in [1.807, 2.05) is 6.07 Å². The first-order valence-corrected chi connectivity index (χ1v) is 8.00. The van der Waals surface area contributed by atoms with Gasteiger partial charge in [-0.15, -0.1) is 0 Å². The average molecular weight is 362 g/mol. The number of hydrogen-bond acceptors (Lipinski definition) is 6. The second-order valence-electron chi connectivity index (χ2n) is 6.68. The molecular formula is C18H22N2O6. The van der Waals surface area contributed by atoms with Crippen LogP contribution in [0.3, 0.4) is 0 Å². The van der Waals surface area contributed by atoms with Crippen LogP contribution in [0.4, 0.5) is 4.79 Å². The number of aromatic amines is 1. The first-order chi connectivity index (χ1) is 12.1. The first kappa shape index (κ1) is 19.2. The molecule has 1 aromatic carbocycles. The second-order valence-corrected chi connectivity index (χ2v) is 6.68. The van der Waals surface area contributed by atoms with Gasteiger partial charge in [-0.25, -0.2) is 9.59 Å². The Morgan fingerprint density at radius 1 is 1.19 bits per heavy atom. The van der Waals surface area contributed by atoms with Crippen molar-refractivity contribution in [1.82, 2.24) is 10.3 Å². The number of hydrogen-bond donors (Lipinski definition) is 4. The summed E-state index contributed by atoms with van der Waals surface area (Å²) in [6.07, 6.45) is -0.604. The minimum absolute atomic E-state index is 0.163. The van der Waals surface area contributed by atoms with Gasteiger partial charge < -0.3 is 25.0 Å². The van der Waals surface area contributed by atoms with Crippen molar-refractivity contribution in [3.8, 4) is 17.5 Å². The van der Waals surface area contributed by atoms with E-state index in [1.165, 1.54) is 0 Å². The molecule has 1 amide bonds. The van der Waals surface area contributed by atoms with Gasteiger partial charge >= 0.3 is 12.1 Å². The van der Waals surface area contributed by atoms with E-state index in [1.54, 1.807) is 45.0 Å². The van der Waals surface area contributed by atoms with Crippen LogP contribution >= 0.6 is 0 Å². The van der Waals surface area contributed by atoms with E-state index in [2.05, 4.69) is 10.3 Å². The molecule has 0 aliphatic rings. The number of aromatic nitrogens is 1. The molecule has 0 saturated carbocycles. The van der Waals surface area contributed by atoms with Gasteiger partial charge in [-0.3, -0.25) is 4.98 Å². The zero-order chi connectivity index (χ0) is 19.3. The van der Waals surface area contributed by atoms with E-state index in [4.69, 9.17) is 9.47 Å². The summed E-state index contributed by atoms with van der Waals surface area (Å²) in [5.74, 6) is -1.90.